The normalized spacial score (nSPS) is 16.2. The second-order valence-electron chi connectivity index (χ2n) is 5.93. The van der Waals surface area contributed by atoms with Crippen molar-refractivity contribution in [3.8, 4) is 0 Å². The quantitative estimate of drug-likeness (QED) is 0.268. The molecule has 0 bridgehead atoms. The van der Waals surface area contributed by atoms with E-state index >= 15 is 0 Å². The Hall–Kier alpha value is -0.380. The summed E-state index contributed by atoms with van der Waals surface area (Å²) in [5, 5.41) is 8.89. The molecule has 1 aromatic heterocycles. The molecule has 0 saturated carbocycles. The standard InChI is InChI=1S/C17H30N4OS.HI/c1-4-18-17(19-8-5-10-22-3)20-12-14(2)21-9-6-16-15(13-21)7-11-23-16;/h7,11,14H,4-6,8-10,12-13H2,1-3H3,(H2,18,19,20);1H. The number of nitrogens with zero attached hydrogens (tertiary/aromatic N) is 2. The lowest BCUT2D eigenvalue weighted by Gasteiger charge is -2.31. The first-order valence-electron chi connectivity index (χ1n) is 8.55. The molecule has 0 radical (unpaired) electrons. The average Bonchev–Trinajstić information content (AvgIpc) is 3.03. The number of fused-ring (bicyclic) bond motifs is 1. The van der Waals surface area contributed by atoms with Gasteiger partial charge in [0.1, 0.15) is 0 Å². The van der Waals surface area contributed by atoms with Gasteiger partial charge in [-0.25, -0.2) is 0 Å². The second kappa shape index (κ2) is 12.1. The fourth-order valence-corrected chi connectivity index (χ4v) is 3.64. The smallest absolute Gasteiger partial charge is 0.191 e. The SMILES string of the molecule is CCNC(=NCC(C)N1CCc2sccc2C1)NCCCOC.I. The van der Waals surface area contributed by atoms with E-state index in [0.29, 0.717) is 6.04 Å². The van der Waals surface area contributed by atoms with Crippen molar-refractivity contribution in [1.29, 1.82) is 0 Å². The van der Waals surface area contributed by atoms with Crippen molar-refractivity contribution in [3.63, 3.8) is 0 Å². The highest BCUT2D eigenvalue weighted by molar-refractivity contribution is 14.0. The minimum absolute atomic E-state index is 0. The molecule has 7 heteroatoms. The van der Waals surface area contributed by atoms with Crippen LogP contribution in [0, 0.1) is 0 Å². The Morgan fingerprint density at radius 1 is 1.46 bits per heavy atom. The average molecular weight is 466 g/mol. The molecule has 2 N–H and O–H groups in total. The van der Waals surface area contributed by atoms with E-state index in [0.717, 1.165) is 51.7 Å². The number of hydrogen-bond acceptors (Lipinski definition) is 4. The third kappa shape index (κ3) is 6.85. The number of guanidine groups is 1. The predicted molar refractivity (Wildman–Crippen MR) is 114 cm³/mol. The van der Waals surface area contributed by atoms with E-state index in [1.165, 1.54) is 12.0 Å². The molecule has 0 saturated heterocycles. The molecule has 1 unspecified atom stereocenters. The predicted octanol–water partition coefficient (Wildman–Crippen LogP) is 2.70. The number of ether oxygens (including phenoxy) is 1. The van der Waals surface area contributed by atoms with Gasteiger partial charge in [0.25, 0.3) is 0 Å². The van der Waals surface area contributed by atoms with Crippen LogP contribution in [0.4, 0.5) is 0 Å². The summed E-state index contributed by atoms with van der Waals surface area (Å²) in [5.41, 5.74) is 1.50. The van der Waals surface area contributed by atoms with Crippen LogP contribution in [0.5, 0.6) is 0 Å². The first-order chi connectivity index (χ1) is 11.2. The minimum Gasteiger partial charge on any atom is -0.385 e. The maximum Gasteiger partial charge on any atom is 0.191 e. The van der Waals surface area contributed by atoms with E-state index in [1.807, 2.05) is 11.3 Å². The van der Waals surface area contributed by atoms with Crippen LogP contribution >= 0.6 is 35.3 Å². The molecule has 0 aromatic carbocycles. The Balaban J connectivity index is 0.00000288. The fourth-order valence-electron chi connectivity index (χ4n) is 2.75. The summed E-state index contributed by atoms with van der Waals surface area (Å²) in [6.07, 6.45) is 2.17. The van der Waals surface area contributed by atoms with Gasteiger partial charge in [-0.3, -0.25) is 9.89 Å². The van der Waals surface area contributed by atoms with Crippen LogP contribution in [0.2, 0.25) is 0 Å². The zero-order valence-electron chi connectivity index (χ0n) is 15.0. The van der Waals surface area contributed by atoms with E-state index in [9.17, 15) is 0 Å². The van der Waals surface area contributed by atoms with Gasteiger partial charge in [0, 0.05) is 50.8 Å². The molecule has 2 rings (SSSR count). The molecule has 1 aliphatic heterocycles. The molecular formula is C17H31IN4OS. The molecule has 0 fully saturated rings. The van der Waals surface area contributed by atoms with Crippen LogP contribution in [0.1, 0.15) is 30.7 Å². The molecule has 1 aliphatic rings. The van der Waals surface area contributed by atoms with Gasteiger partial charge in [-0.2, -0.15) is 0 Å². The summed E-state index contributed by atoms with van der Waals surface area (Å²) >= 11 is 1.89. The third-order valence-corrected chi connectivity index (χ3v) is 5.16. The van der Waals surface area contributed by atoms with Gasteiger partial charge in [-0.1, -0.05) is 0 Å². The highest BCUT2D eigenvalue weighted by Gasteiger charge is 2.21. The Morgan fingerprint density at radius 3 is 3.04 bits per heavy atom. The number of nitrogens with one attached hydrogen (secondary N) is 2. The van der Waals surface area contributed by atoms with Gasteiger partial charge in [0.15, 0.2) is 5.96 Å². The Labute approximate surface area is 167 Å². The summed E-state index contributed by atoms with van der Waals surface area (Å²) in [6.45, 7) is 9.93. The monoisotopic (exact) mass is 466 g/mol. The molecule has 138 valence electrons. The van der Waals surface area contributed by atoms with Crippen LogP contribution < -0.4 is 10.6 Å². The first kappa shape index (κ1) is 21.7. The molecule has 2 heterocycles. The molecule has 1 atom stereocenters. The fraction of sp³-hybridized carbons (Fsp3) is 0.706. The highest BCUT2D eigenvalue weighted by atomic mass is 127. The lowest BCUT2D eigenvalue weighted by molar-refractivity contribution is 0.195. The number of methoxy groups -OCH3 is 1. The number of thiophene rings is 1. The number of halogens is 1. The Kier molecular flexibility index (Phi) is 10.9. The summed E-state index contributed by atoms with van der Waals surface area (Å²) in [5.74, 6) is 0.906. The Bertz CT molecular complexity index is 495. The molecule has 0 amide bonds. The first-order valence-corrected chi connectivity index (χ1v) is 9.43. The van der Waals surface area contributed by atoms with Crippen LogP contribution in [-0.4, -0.2) is 56.8 Å². The van der Waals surface area contributed by atoms with Crippen LogP contribution in [0.25, 0.3) is 0 Å². The zero-order chi connectivity index (χ0) is 16.5. The number of hydrogen-bond donors (Lipinski definition) is 2. The topological polar surface area (TPSA) is 48.9 Å². The lowest BCUT2D eigenvalue weighted by atomic mass is 10.1. The molecule has 1 aromatic rings. The van der Waals surface area contributed by atoms with Gasteiger partial charge in [-0.15, -0.1) is 35.3 Å². The maximum atomic E-state index is 5.08. The molecule has 0 aliphatic carbocycles. The third-order valence-electron chi connectivity index (χ3n) is 4.14. The van der Waals surface area contributed by atoms with Gasteiger partial charge in [0.05, 0.1) is 6.54 Å². The van der Waals surface area contributed by atoms with Crippen molar-refractivity contribution in [2.75, 3.05) is 39.9 Å². The van der Waals surface area contributed by atoms with Crippen molar-refractivity contribution >= 4 is 41.3 Å². The van der Waals surface area contributed by atoms with Crippen LogP contribution in [0.15, 0.2) is 16.4 Å². The van der Waals surface area contributed by atoms with Crippen LogP contribution in [0.3, 0.4) is 0 Å². The molecular weight excluding hydrogens is 435 g/mol. The van der Waals surface area contributed by atoms with Crippen molar-refractivity contribution in [3.05, 3.63) is 21.9 Å². The Morgan fingerprint density at radius 2 is 2.29 bits per heavy atom. The minimum atomic E-state index is 0. The summed E-state index contributed by atoms with van der Waals surface area (Å²) in [6, 6.07) is 2.72. The van der Waals surface area contributed by atoms with Crippen LogP contribution in [-0.2, 0) is 17.7 Å². The van der Waals surface area contributed by atoms with Gasteiger partial charge >= 0.3 is 0 Å². The van der Waals surface area contributed by atoms with Gasteiger partial charge in [0.2, 0.25) is 0 Å². The largest absolute Gasteiger partial charge is 0.385 e. The van der Waals surface area contributed by atoms with E-state index < -0.39 is 0 Å². The van der Waals surface area contributed by atoms with E-state index in [-0.39, 0.29) is 24.0 Å². The summed E-state index contributed by atoms with van der Waals surface area (Å²) in [7, 11) is 1.73. The maximum absolute atomic E-state index is 5.08. The lowest BCUT2D eigenvalue weighted by Crippen LogP contribution is -2.41. The van der Waals surface area contributed by atoms with Crippen molar-refractivity contribution in [2.45, 2.75) is 39.3 Å². The summed E-state index contributed by atoms with van der Waals surface area (Å²) < 4.78 is 5.08. The van der Waals surface area contributed by atoms with Gasteiger partial charge in [-0.05, 0) is 43.7 Å². The van der Waals surface area contributed by atoms with E-state index in [1.54, 1.807) is 12.0 Å². The zero-order valence-corrected chi connectivity index (χ0v) is 18.2. The van der Waals surface area contributed by atoms with E-state index in [4.69, 9.17) is 9.73 Å². The van der Waals surface area contributed by atoms with Crippen molar-refractivity contribution in [1.82, 2.24) is 15.5 Å². The highest BCUT2D eigenvalue weighted by Crippen LogP contribution is 2.25. The van der Waals surface area contributed by atoms with Crippen molar-refractivity contribution < 1.29 is 4.74 Å². The van der Waals surface area contributed by atoms with Gasteiger partial charge < -0.3 is 15.4 Å². The van der Waals surface area contributed by atoms with E-state index in [2.05, 4.69) is 40.8 Å². The van der Waals surface area contributed by atoms with Crippen molar-refractivity contribution in [2.24, 2.45) is 4.99 Å². The number of rotatable bonds is 8. The summed E-state index contributed by atoms with van der Waals surface area (Å²) in [4.78, 5) is 8.84. The molecule has 0 spiro atoms. The second-order valence-corrected chi connectivity index (χ2v) is 6.93. The molecule has 5 nitrogen and oxygen atoms in total. The number of aliphatic imine (C=N–C) groups is 1. The molecule has 24 heavy (non-hydrogen) atoms.